The van der Waals surface area contributed by atoms with Crippen LogP contribution in [-0.4, -0.2) is 67.8 Å². The molecule has 1 aliphatic carbocycles. The number of hydrogen-bond donors (Lipinski definition) is 2. The van der Waals surface area contributed by atoms with Gasteiger partial charge in [0.25, 0.3) is 0 Å². The van der Waals surface area contributed by atoms with E-state index in [2.05, 4.69) is 26.0 Å². The summed E-state index contributed by atoms with van der Waals surface area (Å²) in [6.45, 7) is 1.39. The Labute approximate surface area is 174 Å². The van der Waals surface area contributed by atoms with Gasteiger partial charge in [-0.25, -0.2) is 4.99 Å². The molecule has 3 aliphatic rings. The van der Waals surface area contributed by atoms with E-state index in [0.29, 0.717) is 19.5 Å². The molecule has 9 nitrogen and oxygen atoms in total. The standard InChI is InChI=1S/C21H24N8O/c1-27-9-15(8-26-27)14-5-19(24-7-14)20(25-12-23)28-10-16-2-3-17(11-28)29(16)21(30)18-4-13(18)6-22/h5,7-9,12-13,16-18,23-24H,2-4,10-11H2,1H3/t13-,16?,17?,18-/m0/s1. The van der Waals surface area contributed by atoms with Crippen LogP contribution in [-0.2, 0) is 11.8 Å². The van der Waals surface area contributed by atoms with Crippen molar-refractivity contribution in [3.05, 3.63) is 30.4 Å². The summed E-state index contributed by atoms with van der Waals surface area (Å²) in [6, 6.07) is 4.54. The number of amides is 1. The lowest BCUT2D eigenvalue weighted by atomic mass is 10.1. The monoisotopic (exact) mass is 404 g/mol. The molecule has 154 valence electrons. The van der Waals surface area contributed by atoms with Gasteiger partial charge in [-0.3, -0.25) is 14.9 Å². The number of H-pyrrole nitrogens is 1. The van der Waals surface area contributed by atoms with Gasteiger partial charge in [0.15, 0.2) is 5.84 Å². The van der Waals surface area contributed by atoms with Crippen LogP contribution in [0.4, 0.5) is 0 Å². The first-order chi connectivity index (χ1) is 14.6. The van der Waals surface area contributed by atoms with E-state index in [1.165, 1.54) is 0 Å². The third-order valence-electron chi connectivity index (χ3n) is 6.46. The SMILES string of the molecule is Cn1cc(-c2c[nH]c(C(=NC=N)N3CC4CCC(C3)N4C(=O)[C@H]3C[C@H]3C#N)c2)cn1. The molecule has 30 heavy (non-hydrogen) atoms. The van der Waals surface area contributed by atoms with Crippen LogP contribution in [0.15, 0.2) is 29.6 Å². The fourth-order valence-corrected chi connectivity index (χ4v) is 4.88. The number of carbonyl (C=O) groups excluding carboxylic acids is 1. The van der Waals surface area contributed by atoms with E-state index in [1.54, 1.807) is 4.68 Å². The Balaban J connectivity index is 1.35. The second kappa shape index (κ2) is 7.13. The number of fused-ring (bicyclic) bond motifs is 2. The molecule has 0 aromatic carbocycles. The van der Waals surface area contributed by atoms with Gasteiger partial charge in [-0.2, -0.15) is 10.4 Å². The Kier molecular flexibility index (Phi) is 4.42. The summed E-state index contributed by atoms with van der Waals surface area (Å²) >= 11 is 0. The molecule has 2 aliphatic heterocycles. The number of nitrogens with zero attached hydrogens (tertiary/aromatic N) is 6. The topological polar surface area (TPSA) is 117 Å². The minimum Gasteiger partial charge on any atom is -0.358 e. The number of aromatic amines is 1. The predicted octanol–water partition coefficient (Wildman–Crippen LogP) is 1.60. The Morgan fingerprint density at radius 3 is 2.73 bits per heavy atom. The van der Waals surface area contributed by atoms with Crippen molar-refractivity contribution >= 4 is 18.1 Å². The van der Waals surface area contributed by atoms with Crippen LogP contribution in [0.5, 0.6) is 0 Å². The fraction of sp³-hybridized carbons (Fsp3) is 0.476. The van der Waals surface area contributed by atoms with Gasteiger partial charge in [-0.1, -0.05) is 0 Å². The fourth-order valence-electron chi connectivity index (χ4n) is 4.88. The Morgan fingerprint density at radius 1 is 1.37 bits per heavy atom. The van der Waals surface area contributed by atoms with Gasteiger partial charge in [-0.05, 0) is 25.3 Å². The summed E-state index contributed by atoms with van der Waals surface area (Å²) in [5, 5.41) is 20.9. The summed E-state index contributed by atoms with van der Waals surface area (Å²) in [6.07, 6.45) is 9.42. The van der Waals surface area contributed by atoms with E-state index < -0.39 is 0 Å². The molecule has 1 saturated carbocycles. The number of carbonyl (C=O) groups is 1. The lowest BCUT2D eigenvalue weighted by Crippen LogP contribution is -2.57. The number of piperazine rings is 1. The van der Waals surface area contributed by atoms with Crippen molar-refractivity contribution in [1.29, 1.82) is 10.7 Å². The smallest absolute Gasteiger partial charge is 0.227 e. The Bertz CT molecular complexity index is 1050. The lowest BCUT2D eigenvalue weighted by molar-refractivity contribution is -0.137. The van der Waals surface area contributed by atoms with Gasteiger partial charge >= 0.3 is 0 Å². The van der Waals surface area contributed by atoms with Gasteiger partial charge in [0.1, 0.15) is 6.34 Å². The predicted molar refractivity (Wildman–Crippen MR) is 111 cm³/mol. The quantitative estimate of drug-likeness (QED) is 0.594. The molecule has 4 atom stereocenters. The normalized spacial score (nSPS) is 27.8. The van der Waals surface area contributed by atoms with Crippen LogP contribution in [0.1, 0.15) is 25.0 Å². The molecule has 2 saturated heterocycles. The van der Waals surface area contributed by atoms with Gasteiger partial charge in [0, 0.05) is 55.7 Å². The molecule has 0 spiro atoms. The molecule has 5 rings (SSSR count). The molecule has 1 amide bonds. The second-order valence-corrected chi connectivity index (χ2v) is 8.40. The van der Waals surface area contributed by atoms with E-state index in [-0.39, 0.29) is 29.8 Å². The number of likely N-dealkylation sites (tertiary alicyclic amines) is 1. The first-order valence-electron chi connectivity index (χ1n) is 10.3. The highest BCUT2D eigenvalue weighted by atomic mass is 16.2. The Hall–Kier alpha value is -3.41. The molecule has 0 radical (unpaired) electrons. The van der Waals surface area contributed by atoms with Crippen LogP contribution in [0.3, 0.4) is 0 Å². The van der Waals surface area contributed by atoms with Gasteiger partial charge in [0.2, 0.25) is 5.91 Å². The number of rotatable bonds is 4. The minimum absolute atomic E-state index is 0.102. The molecular formula is C21H24N8O. The van der Waals surface area contributed by atoms with E-state index >= 15 is 0 Å². The van der Waals surface area contributed by atoms with Crippen LogP contribution in [0.25, 0.3) is 11.1 Å². The van der Waals surface area contributed by atoms with Crippen molar-refractivity contribution < 1.29 is 4.79 Å². The maximum Gasteiger partial charge on any atom is 0.227 e. The molecule has 2 unspecified atom stereocenters. The summed E-state index contributed by atoms with van der Waals surface area (Å²) in [7, 11) is 1.88. The average Bonchev–Trinajstić information content (AvgIpc) is 3.01. The van der Waals surface area contributed by atoms with E-state index in [1.807, 2.05) is 36.6 Å². The van der Waals surface area contributed by atoms with E-state index in [4.69, 9.17) is 10.7 Å². The van der Waals surface area contributed by atoms with Gasteiger partial charge in [0.05, 0.1) is 29.8 Å². The Morgan fingerprint density at radius 2 is 2.13 bits per heavy atom. The van der Waals surface area contributed by atoms with E-state index in [0.717, 1.165) is 41.8 Å². The maximum absolute atomic E-state index is 12.9. The molecule has 2 bridgehead atoms. The van der Waals surface area contributed by atoms with Crippen molar-refractivity contribution in [2.75, 3.05) is 13.1 Å². The third-order valence-corrected chi connectivity index (χ3v) is 6.46. The summed E-state index contributed by atoms with van der Waals surface area (Å²) < 4.78 is 1.76. The number of hydrogen-bond acceptors (Lipinski definition) is 4. The molecule has 9 heteroatoms. The molecular weight excluding hydrogens is 380 g/mol. The third kappa shape index (κ3) is 3.09. The van der Waals surface area contributed by atoms with Crippen LogP contribution in [0, 0.1) is 28.6 Å². The zero-order valence-electron chi connectivity index (χ0n) is 16.8. The van der Waals surface area contributed by atoms with Crippen molar-refractivity contribution in [2.45, 2.75) is 31.3 Å². The highest BCUT2D eigenvalue weighted by Crippen LogP contribution is 2.42. The van der Waals surface area contributed by atoms with Crippen LogP contribution in [0.2, 0.25) is 0 Å². The molecule has 4 heterocycles. The summed E-state index contributed by atoms with van der Waals surface area (Å²) in [5.41, 5.74) is 2.88. The zero-order chi connectivity index (χ0) is 20.8. The maximum atomic E-state index is 12.9. The second-order valence-electron chi connectivity index (χ2n) is 8.40. The van der Waals surface area contributed by atoms with E-state index in [9.17, 15) is 4.79 Å². The number of aryl methyl sites for hydroxylation is 1. The highest BCUT2D eigenvalue weighted by molar-refractivity contribution is 6.02. The highest BCUT2D eigenvalue weighted by Gasteiger charge is 2.51. The number of aliphatic imine (C=N–C) groups is 1. The first-order valence-corrected chi connectivity index (χ1v) is 10.3. The molecule has 2 aromatic heterocycles. The van der Waals surface area contributed by atoms with Crippen LogP contribution < -0.4 is 0 Å². The summed E-state index contributed by atoms with van der Waals surface area (Å²) in [4.78, 5) is 24.8. The minimum atomic E-state index is -0.107. The van der Waals surface area contributed by atoms with Gasteiger partial charge < -0.3 is 14.8 Å². The summed E-state index contributed by atoms with van der Waals surface area (Å²) in [5.74, 6) is 0.669. The van der Waals surface area contributed by atoms with Crippen LogP contribution >= 0.6 is 0 Å². The van der Waals surface area contributed by atoms with Gasteiger partial charge in [-0.15, -0.1) is 0 Å². The number of amidine groups is 1. The van der Waals surface area contributed by atoms with Crippen molar-refractivity contribution in [3.8, 4) is 17.2 Å². The largest absolute Gasteiger partial charge is 0.358 e. The number of nitriles is 1. The molecule has 2 N–H and O–H groups in total. The van der Waals surface area contributed by atoms with Crippen molar-refractivity contribution in [2.24, 2.45) is 23.9 Å². The van der Waals surface area contributed by atoms with Crippen molar-refractivity contribution in [3.63, 3.8) is 0 Å². The lowest BCUT2D eigenvalue weighted by Gasteiger charge is -2.42. The first kappa shape index (κ1) is 18.6. The zero-order valence-corrected chi connectivity index (χ0v) is 16.8. The average molecular weight is 404 g/mol. The van der Waals surface area contributed by atoms with Crippen molar-refractivity contribution in [1.82, 2.24) is 24.6 Å². The molecule has 2 aromatic rings. The molecule has 3 fully saturated rings. The number of aromatic nitrogens is 3. The number of nitrogens with one attached hydrogen (secondary N) is 2.